The molecule has 0 radical (unpaired) electrons. The number of carbonyl (C=O) groups is 2. The number of halogens is 1. The van der Waals surface area contributed by atoms with Gasteiger partial charge < -0.3 is 15.5 Å². The zero-order chi connectivity index (χ0) is 17.7. The molecule has 2 N–H and O–H groups in total. The molecule has 0 aliphatic carbocycles. The van der Waals surface area contributed by atoms with Crippen LogP contribution in [0.4, 0.5) is 0 Å². The molecule has 0 unspecified atom stereocenters. The Morgan fingerprint density at radius 2 is 1.96 bits per heavy atom. The van der Waals surface area contributed by atoms with Crippen molar-refractivity contribution in [2.45, 2.75) is 39.7 Å². The molecule has 25 heavy (non-hydrogen) atoms. The van der Waals surface area contributed by atoms with Gasteiger partial charge in [0.05, 0.1) is 0 Å². The molecule has 0 aromatic heterocycles. The van der Waals surface area contributed by atoms with Crippen molar-refractivity contribution in [2.24, 2.45) is 5.41 Å². The molecule has 2 rings (SSSR count). The fraction of sp³-hybridized carbons (Fsp3) is 0.579. The van der Waals surface area contributed by atoms with Crippen LogP contribution in [0.5, 0.6) is 0 Å². The number of benzene rings is 1. The van der Waals surface area contributed by atoms with E-state index in [1.165, 1.54) is 0 Å². The van der Waals surface area contributed by atoms with Crippen molar-refractivity contribution in [2.75, 3.05) is 26.7 Å². The number of carbonyl (C=O) groups excluding carboxylic acids is 2. The minimum absolute atomic E-state index is 0. The fourth-order valence-corrected chi connectivity index (χ4v) is 3.04. The molecule has 0 saturated carbocycles. The Morgan fingerprint density at radius 3 is 2.56 bits per heavy atom. The Bertz CT molecular complexity index is 593. The van der Waals surface area contributed by atoms with Crippen molar-refractivity contribution in [3.05, 3.63) is 35.4 Å². The lowest BCUT2D eigenvalue weighted by molar-refractivity contribution is 0.0745. The lowest BCUT2D eigenvalue weighted by Gasteiger charge is -2.27. The molecule has 1 aliphatic rings. The van der Waals surface area contributed by atoms with E-state index in [1.807, 2.05) is 0 Å². The Hall–Kier alpha value is -1.59. The Labute approximate surface area is 157 Å². The van der Waals surface area contributed by atoms with Gasteiger partial charge in [-0.1, -0.05) is 26.8 Å². The number of hydrogen-bond donors (Lipinski definition) is 2. The molecule has 1 aliphatic heterocycles. The summed E-state index contributed by atoms with van der Waals surface area (Å²) in [6.45, 7) is 8.77. The Balaban J connectivity index is 0.00000312. The number of nitrogens with zero attached hydrogens (tertiary/aromatic N) is 1. The van der Waals surface area contributed by atoms with E-state index in [-0.39, 0.29) is 35.7 Å². The van der Waals surface area contributed by atoms with Crippen LogP contribution in [-0.4, -0.2) is 49.4 Å². The average Bonchev–Trinajstić information content (AvgIpc) is 2.53. The van der Waals surface area contributed by atoms with Gasteiger partial charge in [0.25, 0.3) is 11.8 Å². The first-order valence-corrected chi connectivity index (χ1v) is 8.63. The second-order valence-corrected chi connectivity index (χ2v) is 7.82. The van der Waals surface area contributed by atoms with Gasteiger partial charge in [-0.15, -0.1) is 12.4 Å². The fourth-order valence-electron chi connectivity index (χ4n) is 3.04. The highest BCUT2D eigenvalue weighted by Crippen LogP contribution is 2.16. The molecule has 1 heterocycles. The van der Waals surface area contributed by atoms with Crippen molar-refractivity contribution in [3.8, 4) is 0 Å². The smallest absolute Gasteiger partial charge is 0.253 e. The molecule has 0 spiro atoms. The van der Waals surface area contributed by atoms with E-state index in [4.69, 9.17) is 0 Å². The lowest BCUT2D eigenvalue weighted by Crippen LogP contribution is -2.45. The molecule has 1 aromatic rings. The van der Waals surface area contributed by atoms with Crippen LogP contribution in [0.25, 0.3) is 0 Å². The summed E-state index contributed by atoms with van der Waals surface area (Å²) in [4.78, 5) is 26.7. The summed E-state index contributed by atoms with van der Waals surface area (Å²) >= 11 is 0. The summed E-state index contributed by atoms with van der Waals surface area (Å²) in [6, 6.07) is 7.14. The zero-order valence-electron chi connectivity index (χ0n) is 15.6. The summed E-state index contributed by atoms with van der Waals surface area (Å²) < 4.78 is 0. The number of hydrogen-bond acceptors (Lipinski definition) is 3. The maximum atomic E-state index is 12.6. The Morgan fingerprint density at radius 1 is 1.28 bits per heavy atom. The largest absolute Gasteiger partial charge is 0.348 e. The number of amides is 2. The van der Waals surface area contributed by atoms with E-state index >= 15 is 0 Å². The quantitative estimate of drug-likeness (QED) is 0.860. The van der Waals surface area contributed by atoms with Crippen LogP contribution in [-0.2, 0) is 0 Å². The van der Waals surface area contributed by atoms with Crippen LogP contribution in [0, 0.1) is 5.41 Å². The first kappa shape index (κ1) is 21.5. The van der Waals surface area contributed by atoms with E-state index in [0.717, 1.165) is 25.9 Å². The van der Waals surface area contributed by atoms with Gasteiger partial charge in [0.2, 0.25) is 0 Å². The molecule has 1 aromatic carbocycles. The van der Waals surface area contributed by atoms with Gasteiger partial charge in [0, 0.05) is 37.3 Å². The summed E-state index contributed by atoms with van der Waals surface area (Å²) in [5.41, 5.74) is 1.12. The number of nitrogens with one attached hydrogen (secondary N) is 2. The third-order valence-electron chi connectivity index (χ3n) is 4.06. The third-order valence-corrected chi connectivity index (χ3v) is 4.06. The molecule has 1 atom stereocenters. The van der Waals surface area contributed by atoms with Gasteiger partial charge in [-0.2, -0.15) is 0 Å². The van der Waals surface area contributed by atoms with E-state index in [2.05, 4.69) is 31.4 Å². The van der Waals surface area contributed by atoms with Crippen LogP contribution in [0.1, 0.15) is 54.3 Å². The number of piperidine rings is 1. The predicted molar refractivity (Wildman–Crippen MR) is 103 cm³/mol. The molecule has 2 amide bonds. The average molecular weight is 368 g/mol. The van der Waals surface area contributed by atoms with E-state index < -0.39 is 0 Å². The molecular weight excluding hydrogens is 338 g/mol. The summed E-state index contributed by atoms with van der Waals surface area (Å²) in [7, 11) is 1.80. The first-order valence-electron chi connectivity index (χ1n) is 8.63. The SMILES string of the molecule is CN(CC(C)(C)C)C(=O)c1cccc(C(=O)N[C@H]2CCCNC2)c1.Cl. The molecule has 140 valence electrons. The van der Waals surface area contributed by atoms with Crippen molar-refractivity contribution >= 4 is 24.2 Å². The first-order chi connectivity index (χ1) is 11.3. The summed E-state index contributed by atoms with van der Waals surface area (Å²) in [6.07, 6.45) is 2.06. The van der Waals surface area contributed by atoms with Crippen LogP contribution in [0.3, 0.4) is 0 Å². The van der Waals surface area contributed by atoms with E-state index in [1.54, 1.807) is 36.2 Å². The summed E-state index contributed by atoms with van der Waals surface area (Å²) in [5.74, 6) is -0.171. The van der Waals surface area contributed by atoms with E-state index in [0.29, 0.717) is 17.7 Å². The van der Waals surface area contributed by atoms with Gasteiger partial charge in [-0.05, 0) is 43.0 Å². The molecule has 1 saturated heterocycles. The minimum Gasteiger partial charge on any atom is -0.348 e. The lowest BCUT2D eigenvalue weighted by atomic mass is 9.96. The molecule has 0 bridgehead atoms. The monoisotopic (exact) mass is 367 g/mol. The van der Waals surface area contributed by atoms with Gasteiger partial charge in [0.1, 0.15) is 0 Å². The predicted octanol–water partition coefficient (Wildman–Crippen LogP) is 2.71. The maximum absolute atomic E-state index is 12.6. The standard InChI is InChI=1S/C19H29N3O2.ClH/c1-19(2,3)13-22(4)18(24)15-8-5-7-14(11-15)17(23)21-16-9-6-10-20-12-16;/h5,7-8,11,16,20H,6,9-10,12-13H2,1-4H3,(H,21,23);1H/t16-;/m0./s1. The normalized spacial score (nSPS) is 17.4. The van der Waals surface area contributed by atoms with Crippen molar-refractivity contribution in [3.63, 3.8) is 0 Å². The second kappa shape index (κ2) is 9.20. The maximum Gasteiger partial charge on any atom is 0.253 e. The topological polar surface area (TPSA) is 61.4 Å². The molecule has 5 nitrogen and oxygen atoms in total. The van der Waals surface area contributed by atoms with Gasteiger partial charge in [-0.3, -0.25) is 9.59 Å². The van der Waals surface area contributed by atoms with Gasteiger partial charge in [0.15, 0.2) is 0 Å². The highest BCUT2D eigenvalue weighted by molar-refractivity contribution is 5.99. The van der Waals surface area contributed by atoms with E-state index in [9.17, 15) is 9.59 Å². The third kappa shape index (κ3) is 6.67. The highest BCUT2D eigenvalue weighted by atomic mass is 35.5. The van der Waals surface area contributed by atoms with Gasteiger partial charge >= 0.3 is 0 Å². The Kier molecular flexibility index (Phi) is 7.90. The molecule has 1 fully saturated rings. The number of rotatable bonds is 4. The van der Waals surface area contributed by atoms with Crippen molar-refractivity contribution in [1.82, 2.24) is 15.5 Å². The van der Waals surface area contributed by atoms with Crippen LogP contribution >= 0.6 is 12.4 Å². The van der Waals surface area contributed by atoms with Crippen molar-refractivity contribution in [1.29, 1.82) is 0 Å². The van der Waals surface area contributed by atoms with Crippen LogP contribution < -0.4 is 10.6 Å². The zero-order valence-corrected chi connectivity index (χ0v) is 16.4. The highest BCUT2D eigenvalue weighted by Gasteiger charge is 2.20. The molecule has 6 heteroatoms. The summed E-state index contributed by atoms with van der Waals surface area (Å²) in [5, 5.41) is 6.32. The van der Waals surface area contributed by atoms with Gasteiger partial charge in [-0.25, -0.2) is 0 Å². The van der Waals surface area contributed by atoms with Crippen LogP contribution in [0.15, 0.2) is 24.3 Å². The molecular formula is C19H30ClN3O2. The minimum atomic E-state index is -0.114. The van der Waals surface area contributed by atoms with Crippen LogP contribution in [0.2, 0.25) is 0 Å². The van der Waals surface area contributed by atoms with Crippen molar-refractivity contribution < 1.29 is 9.59 Å². The second-order valence-electron chi connectivity index (χ2n) is 7.82.